The smallest absolute Gasteiger partial charge is 0.264 e. The van der Waals surface area contributed by atoms with Crippen molar-refractivity contribution in [1.82, 2.24) is 14.5 Å². The number of amides is 2. The summed E-state index contributed by atoms with van der Waals surface area (Å²) in [4.78, 5) is 30.0. The second-order valence-electron chi connectivity index (χ2n) is 4.60. The van der Waals surface area contributed by atoms with Gasteiger partial charge in [-0.05, 0) is 19.1 Å². The Balaban J connectivity index is 1.96. The highest BCUT2D eigenvalue weighted by Crippen LogP contribution is 2.28. The number of hydrogen-bond acceptors (Lipinski definition) is 4. The molecule has 1 aliphatic heterocycles. The summed E-state index contributed by atoms with van der Waals surface area (Å²) in [5.41, 5.74) is 6.79. The van der Waals surface area contributed by atoms with E-state index >= 15 is 0 Å². The fraction of sp³-hybridized carbons (Fsp3) is 0.214. The van der Waals surface area contributed by atoms with Crippen molar-refractivity contribution < 1.29 is 9.59 Å². The molecule has 1 aromatic carbocycles. The highest BCUT2D eigenvalue weighted by Gasteiger charge is 2.37. The monoisotopic (exact) mass is 270 g/mol. The van der Waals surface area contributed by atoms with E-state index in [4.69, 9.17) is 5.73 Å². The van der Waals surface area contributed by atoms with Crippen molar-refractivity contribution in [3.8, 4) is 0 Å². The highest BCUT2D eigenvalue weighted by atomic mass is 16.2. The summed E-state index contributed by atoms with van der Waals surface area (Å²) in [6.07, 6.45) is 3.48. The Kier molecular flexibility index (Phi) is 2.78. The first-order valence-electron chi connectivity index (χ1n) is 6.38. The van der Waals surface area contributed by atoms with Gasteiger partial charge in [0.1, 0.15) is 5.82 Å². The topological polar surface area (TPSA) is 81.2 Å². The van der Waals surface area contributed by atoms with Gasteiger partial charge in [0.25, 0.3) is 11.8 Å². The molecule has 2 N–H and O–H groups in total. The fourth-order valence-corrected chi connectivity index (χ4v) is 2.42. The summed E-state index contributed by atoms with van der Waals surface area (Å²) in [5, 5.41) is 0. The Morgan fingerprint density at radius 3 is 2.75 bits per heavy atom. The van der Waals surface area contributed by atoms with E-state index in [1.54, 1.807) is 24.4 Å². The molecule has 0 aliphatic carbocycles. The van der Waals surface area contributed by atoms with Crippen LogP contribution in [0.2, 0.25) is 0 Å². The Labute approximate surface area is 115 Å². The van der Waals surface area contributed by atoms with Gasteiger partial charge in [0.05, 0.1) is 17.7 Å². The van der Waals surface area contributed by atoms with Crippen molar-refractivity contribution in [3.05, 3.63) is 47.5 Å². The zero-order valence-electron chi connectivity index (χ0n) is 11.0. The van der Waals surface area contributed by atoms with Crippen molar-refractivity contribution in [2.24, 2.45) is 0 Å². The maximum Gasteiger partial charge on any atom is 0.264 e. The number of carbonyl (C=O) groups excluding carboxylic acids is 2. The first kappa shape index (κ1) is 12.4. The molecule has 6 nitrogen and oxygen atoms in total. The number of carbonyl (C=O) groups is 2. The molecule has 6 heteroatoms. The van der Waals surface area contributed by atoms with Gasteiger partial charge in [-0.15, -0.1) is 0 Å². The molecule has 1 aromatic heterocycles. The van der Waals surface area contributed by atoms with Crippen LogP contribution < -0.4 is 5.73 Å². The SMILES string of the molecule is CCn1ccnc1CN1C(=O)c2cccc(N)c2C1=O. The quantitative estimate of drug-likeness (QED) is 0.673. The summed E-state index contributed by atoms with van der Waals surface area (Å²) in [6, 6.07) is 4.93. The third kappa shape index (κ3) is 1.69. The van der Waals surface area contributed by atoms with Crippen LogP contribution in [0.15, 0.2) is 30.6 Å². The van der Waals surface area contributed by atoms with Gasteiger partial charge in [-0.3, -0.25) is 14.5 Å². The average molecular weight is 270 g/mol. The molecule has 2 amide bonds. The second kappa shape index (κ2) is 4.48. The van der Waals surface area contributed by atoms with E-state index in [-0.39, 0.29) is 18.4 Å². The van der Waals surface area contributed by atoms with Gasteiger partial charge in [0.15, 0.2) is 0 Å². The number of aryl methyl sites for hydroxylation is 1. The number of nitrogens with zero attached hydrogens (tertiary/aromatic N) is 3. The lowest BCUT2D eigenvalue weighted by atomic mass is 10.1. The van der Waals surface area contributed by atoms with Crippen molar-refractivity contribution in [1.29, 1.82) is 0 Å². The summed E-state index contributed by atoms with van der Waals surface area (Å²) in [6.45, 7) is 2.87. The van der Waals surface area contributed by atoms with E-state index in [0.29, 0.717) is 22.6 Å². The molecule has 0 saturated heterocycles. The molecular formula is C14H14N4O2. The van der Waals surface area contributed by atoms with Crippen LogP contribution in [0.1, 0.15) is 33.5 Å². The van der Waals surface area contributed by atoms with Crippen LogP contribution in [0.25, 0.3) is 0 Å². The van der Waals surface area contributed by atoms with Crippen LogP contribution in [0.4, 0.5) is 5.69 Å². The molecule has 0 unspecified atom stereocenters. The number of benzene rings is 1. The number of imide groups is 1. The van der Waals surface area contributed by atoms with Gasteiger partial charge in [0.2, 0.25) is 0 Å². The number of aromatic nitrogens is 2. The molecule has 0 saturated carbocycles. The van der Waals surface area contributed by atoms with Crippen LogP contribution in [0.5, 0.6) is 0 Å². The normalized spacial score (nSPS) is 13.9. The van der Waals surface area contributed by atoms with Gasteiger partial charge < -0.3 is 10.3 Å². The molecule has 0 atom stereocenters. The predicted molar refractivity (Wildman–Crippen MR) is 73.0 cm³/mol. The number of hydrogen-bond donors (Lipinski definition) is 1. The van der Waals surface area contributed by atoms with E-state index in [1.165, 1.54) is 4.90 Å². The van der Waals surface area contributed by atoms with Crippen molar-refractivity contribution >= 4 is 17.5 Å². The summed E-state index contributed by atoms with van der Waals surface area (Å²) in [7, 11) is 0. The van der Waals surface area contributed by atoms with E-state index in [1.807, 2.05) is 17.7 Å². The Morgan fingerprint density at radius 1 is 1.25 bits per heavy atom. The summed E-state index contributed by atoms with van der Waals surface area (Å²) >= 11 is 0. The average Bonchev–Trinajstić information content (AvgIpc) is 2.98. The minimum Gasteiger partial charge on any atom is -0.398 e. The lowest BCUT2D eigenvalue weighted by Crippen LogP contribution is -2.30. The maximum atomic E-state index is 12.3. The Bertz CT molecular complexity index is 705. The predicted octanol–water partition coefficient (Wildman–Crippen LogP) is 1.28. The first-order valence-corrected chi connectivity index (χ1v) is 6.38. The Hall–Kier alpha value is -2.63. The van der Waals surface area contributed by atoms with Crippen LogP contribution in [0.3, 0.4) is 0 Å². The van der Waals surface area contributed by atoms with Crippen LogP contribution in [-0.2, 0) is 13.1 Å². The lowest BCUT2D eigenvalue weighted by molar-refractivity contribution is 0.0637. The van der Waals surface area contributed by atoms with Crippen LogP contribution in [-0.4, -0.2) is 26.3 Å². The molecule has 0 bridgehead atoms. The number of rotatable bonds is 3. The zero-order valence-corrected chi connectivity index (χ0v) is 11.0. The molecule has 1 aliphatic rings. The maximum absolute atomic E-state index is 12.3. The summed E-state index contributed by atoms with van der Waals surface area (Å²) < 4.78 is 1.90. The number of nitrogen functional groups attached to an aromatic ring is 1. The van der Waals surface area contributed by atoms with Crippen molar-refractivity contribution in [3.63, 3.8) is 0 Å². The van der Waals surface area contributed by atoms with Gasteiger partial charge in [-0.2, -0.15) is 0 Å². The van der Waals surface area contributed by atoms with Crippen LogP contribution in [0, 0.1) is 0 Å². The molecule has 0 radical (unpaired) electrons. The number of nitrogens with two attached hydrogens (primary N) is 1. The lowest BCUT2D eigenvalue weighted by Gasteiger charge is -2.14. The minimum atomic E-state index is -0.353. The third-order valence-electron chi connectivity index (χ3n) is 3.47. The minimum absolute atomic E-state index is 0.159. The molecule has 20 heavy (non-hydrogen) atoms. The molecule has 0 fully saturated rings. The van der Waals surface area contributed by atoms with Crippen molar-refractivity contribution in [2.45, 2.75) is 20.0 Å². The third-order valence-corrected chi connectivity index (χ3v) is 3.47. The van der Waals surface area contributed by atoms with E-state index < -0.39 is 0 Å². The molecule has 0 spiro atoms. The van der Waals surface area contributed by atoms with Gasteiger partial charge in [-0.25, -0.2) is 4.98 Å². The van der Waals surface area contributed by atoms with Crippen molar-refractivity contribution in [2.75, 3.05) is 5.73 Å². The first-order chi connectivity index (χ1) is 9.63. The fourth-order valence-electron chi connectivity index (χ4n) is 2.42. The van der Waals surface area contributed by atoms with E-state index in [0.717, 1.165) is 6.54 Å². The zero-order chi connectivity index (χ0) is 14.3. The standard InChI is InChI=1S/C14H14N4O2/c1-2-17-7-6-16-11(17)8-18-13(19)9-4-3-5-10(15)12(9)14(18)20/h3-7H,2,8,15H2,1H3. The van der Waals surface area contributed by atoms with Gasteiger partial charge >= 0.3 is 0 Å². The van der Waals surface area contributed by atoms with E-state index in [2.05, 4.69) is 4.98 Å². The second-order valence-corrected chi connectivity index (χ2v) is 4.60. The molecule has 102 valence electrons. The molecule has 3 rings (SSSR count). The van der Waals surface area contributed by atoms with Gasteiger partial charge in [0, 0.05) is 24.6 Å². The van der Waals surface area contributed by atoms with E-state index in [9.17, 15) is 9.59 Å². The molecule has 2 aromatic rings. The molecular weight excluding hydrogens is 256 g/mol. The number of imidazole rings is 1. The summed E-state index contributed by atoms with van der Waals surface area (Å²) in [5.74, 6) is 0.0114. The van der Waals surface area contributed by atoms with Gasteiger partial charge in [-0.1, -0.05) is 6.07 Å². The molecule has 2 heterocycles. The Morgan fingerprint density at radius 2 is 2.05 bits per heavy atom. The number of fused-ring (bicyclic) bond motifs is 1. The largest absolute Gasteiger partial charge is 0.398 e. The highest BCUT2D eigenvalue weighted by molar-refractivity contribution is 6.23. The number of anilines is 1. The van der Waals surface area contributed by atoms with Crippen LogP contribution >= 0.6 is 0 Å².